The molecule has 0 aliphatic rings. The highest BCUT2D eigenvalue weighted by Gasteiger charge is 2.04. The highest BCUT2D eigenvalue weighted by molar-refractivity contribution is 5.29. The van der Waals surface area contributed by atoms with Gasteiger partial charge in [-0.1, -0.05) is 11.2 Å². The second-order valence-electron chi connectivity index (χ2n) is 15.1. The first-order valence-electron chi connectivity index (χ1n) is 20.5. The fourth-order valence-electron chi connectivity index (χ4n) is 5.24. The van der Waals surface area contributed by atoms with Crippen LogP contribution in [0.25, 0.3) is 0 Å². The van der Waals surface area contributed by atoms with Gasteiger partial charge in [-0.2, -0.15) is 0 Å². The van der Waals surface area contributed by atoms with Crippen LogP contribution >= 0.6 is 0 Å². The number of aryl methyl sites for hydroxylation is 17. The number of aromatic nitrogens is 7. The molecule has 8 rings (SSSR count). The van der Waals surface area contributed by atoms with E-state index in [9.17, 15) is 0 Å². The molecule has 0 aliphatic heterocycles. The number of rotatable bonds is 0. The van der Waals surface area contributed by atoms with Crippen molar-refractivity contribution in [2.24, 2.45) is 7.05 Å². The third-order valence-corrected chi connectivity index (χ3v) is 8.75. The van der Waals surface area contributed by atoms with Gasteiger partial charge in [-0.05, 0) is 171 Å². The van der Waals surface area contributed by atoms with E-state index in [1.54, 1.807) is 18.7 Å². The van der Waals surface area contributed by atoms with E-state index in [2.05, 4.69) is 81.5 Å². The van der Waals surface area contributed by atoms with Gasteiger partial charge in [-0.3, -0.25) is 4.98 Å². The molecular formula is C50H71N7O5. The Morgan fingerprint density at radius 2 is 0.919 bits per heavy atom. The Morgan fingerprint density at radius 1 is 0.452 bits per heavy atom. The van der Waals surface area contributed by atoms with Crippen LogP contribution < -0.4 is 0 Å². The van der Waals surface area contributed by atoms with Gasteiger partial charge in [0.05, 0.1) is 24.4 Å². The summed E-state index contributed by atoms with van der Waals surface area (Å²) in [4.78, 5) is 20.1. The van der Waals surface area contributed by atoms with E-state index in [-0.39, 0.29) is 0 Å². The number of furan rings is 2. The zero-order chi connectivity index (χ0) is 47.1. The lowest BCUT2D eigenvalue weighted by Crippen LogP contribution is -1.91. The quantitative estimate of drug-likeness (QED) is 0.143. The summed E-state index contributed by atoms with van der Waals surface area (Å²) in [6.07, 6.45) is 5.15. The third-order valence-electron chi connectivity index (χ3n) is 8.75. The summed E-state index contributed by atoms with van der Waals surface area (Å²) in [5, 5.41) is 3.64. The van der Waals surface area contributed by atoms with E-state index in [1.165, 1.54) is 28.1 Å². The van der Waals surface area contributed by atoms with Crippen LogP contribution in [0.2, 0.25) is 0 Å². The lowest BCUT2D eigenvalue weighted by Gasteiger charge is -1.96. The smallest absolute Gasteiger partial charge is 0.191 e. The van der Waals surface area contributed by atoms with Crippen molar-refractivity contribution in [3.8, 4) is 0 Å². The molecule has 8 aromatic rings. The number of hydrogen-bond acceptors (Lipinski definition) is 11. The summed E-state index contributed by atoms with van der Waals surface area (Å²) in [5.41, 5.74) is 11.6. The molecule has 0 spiro atoms. The molecule has 336 valence electrons. The van der Waals surface area contributed by atoms with Gasteiger partial charge in [0.15, 0.2) is 11.8 Å². The van der Waals surface area contributed by atoms with Crippen LogP contribution in [0.1, 0.15) is 109 Å². The molecule has 8 heterocycles. The van der Waals surface area contributed by atoms with Crippen LogP contribution in [-0.2, 0) is 7.05 Å². The Hall–Kier alpha value is -6.30. The van der Waals surface area contributed by atoms with Gasteiger partial charge in [0.2, 0.25) is 0 Å². The van der Waals surface area contributed by atoms with Gasteiger partial charge in [0.25, 0.3) is 0 Å². The molecule has 0 bridgehead atoms. The van der Waals surface area contributed by atoms with Crippen LogP contribution in [0.4, 0.5) is 0 Å². The molecule has 0 saturated heterocycles. The second-order valence-corrected chi connectivity index (χ2v) is 15.1. The van der Waals surface area contributed by atoms with Gasteiger partial charge >= 0.3 is 0 Å². The SMILES string of the molecule is Cc1cc(C)nc(C)n1.Cc1cc(C)on1.Cc1ccc(C)n1C.Cc1cccc(C)n1.Cc1cnc(C)o1.Cc1cnc(C)o1.Cc1coc(C)c1.Cc1oc(C)c(C)c1C. The third kappa shape index (κ3) is 22.9. The average molecular weight is 850 g/mol. The summed E-state index contributed by atoms with van der Waals surface area (Å²) in [6.45, 7) is 37.3. The maximum Gasteiger partial charge on any atom is 0.191 e. The lowest BCUT2D eigenvalue weighted by atomic mass is 10.2. The first kappa shape index (κ1) is 53.7. The van der Waals surface area contributed by atoms with Crippen molar-refractivity contribution < 1.29 is 22.2 Å². The van der Waals surface area contributed by atoms with Crippen molar-refractivity contribution >= 4 is 0 Å². The molecule has 0 amide bonds. The van der Waals surface area contributed by atoms with E-state index in [0.29, 0.717) is 0 Å². The zero-order valence-electron chi connectivity index (χ0n) is 41.0. The molecule has 0 atom stereocenters. The molecule has 12 nitrogen and oxygen atoms in total. The van der Waals surface area contributed by atoms with Crippen molar-refractivity contribution in [1.29, 1.82) is 0 Å². The number of oxazole rings is 2. The van der Waals surface area contributed by atoms with Crippen LogP contribution in [0, 0.1) is 132 Å². The topological polar surface area (TPSA) is 148 Å². The minimum absolute atomic E-state index is 0.734. The summed E-state index contributed by atoms with van der Waals surface area (Å²) in [6, 6.07) is 16.1. The molecule has 8 aromatic heterocycles. The predicted molar refractivity (Wildman–Crippen MR) is 249 cm³/mol. The van der Waals surface area contributed by atoms with Crippen LogP contribution in [-0.4, -0.2) is 34.6 Å². The molecule has 62 heavy (non-hydrogen) atoms. The van der Waals surface area contributed by atoms with Gasteiger partial charge in [-0.15, -0.1) is 0 Å². The highest BCUT2D eigenvalue weighted by Crippen LogP contribution is 2.18. The summed E-state index contributed by atoms with van der Waals surface area (Å²) >= 11 is 0. The fourth-order valence-corrected chi connectivity index (χ4v) is 5.24. The first-order valence-corrected chi connectivity index (χ1v) is 20.5. The maximum absolute atomic E-state index is 5.34. The van der Waals surface area contributed by atoms with Crippen molar-refractivity contribution in [3.05, 3.63) is 176 Å². The monoisotopic (exact) mass is 850 g/mol. The molecule has 12 heteroatoms. The maximum atomic E-state index is 5.34. The number of pyridine rings is 1. The predicted octanol–water partition coefficient (Wildman–Crippen LogP) is 13.0. The van der Waals surface area contributed by atoms with E-state index in [0.717, 1.165) is 80.6 Å². The van der Waals surface area contributed by atoms with Crippen LogP contribution in [0.5, 0.6) is 0 Å². The minimum Gasteiger partial charge on any atom is -0.469 e. The molecule has 0 unspecified atom stereocenters. The van der Waals surface area contributed by atoms with E-state index < -0.39 is 0 Å². The van der Waals surface area contributed by atoms with E-state index >= 15 is 0 Å². The summed E-state index contributed by atoms with van der Waals surface area (Å²) in [5.74, 6) is 8.02. The largest absolute Gasteiger partial charge is 0.469 e. The van der Waals surface area contributed by atoms with Crippen molar-refractivity contribution in [2.45, 2.75) is 132 Å². The van der Waals surface area contributed by atoms with Crippen molar-refractivity contribution in [2.75, 3.05) is 0 Å². The van der Waals surface area contributed by atoms with Gasteiger partial charge < -0.3 is 26.8 Å². The van der Waals surface area contributed by atoms with E-state index in [4.69, 9.17) is 22.2 Å². The molecule has 0 aromatic carbocycles. The summed E-state index contributed by atoms with van der Waals surface area (Å²) < 4.78 is 27.1. The molecule has 0 N–H and O–H groups in total. The van der Waals surface area contributed by atoms with Gasteiger partial charge in [0.1, 0.15) is 40.4 Å². The zero-order valence-corrected chi connectivity index (χ0v) is 41.0. The van der Waals surface area contributed by atoms with Crippen molar-refractivity contribution in [3.63, 3.8) is 0 Å². The normalized spacial score (nSPS) is 9.61. The molecule has 0 aliphatic carbocycles. The molecule has 0 fully saturated rings. The van der Waals surface area contributed by atoms with Crippen LogP contribution in [0.15, 0.2) is 89.4 Å². The number of nitrogens with zero attached hydrogens (tertiary/aromatic N) is 7. The molecule has 0 saturated carbocycles. The Balaban J connectivity index is 0.000000355. The highest BCUT2D eigenvalue weighted by atomic mass is 16.5. The standard InChI is InChI=1S/C8H12O.C7H10N2.C7H11N.C7H9N.C6H8O.3C5H7NO/c1-5-6(2)8(4)9-7(5)3;1-5-4-6(2)9-7(3)8-5;1-6-4-5-7(2)8(6)3;1-6-4-3-5-7(2)8-6;1-5-3-6(2)7-4-5;2*1-4-3-6-5(2)7-4;1-4-3-5(2)7-6-4/h1-4H3;4H,1-3H3;4-5H,1-3H3;3-5H,1-2H3;3-4H,1-2H3;3*3H,1-2H3. The molecular weight excluding hydrogens is 779 g/mol. The average Bonchev–Trinajstić information content (AvgIpc) is 4.05. The van der Waals surface area contributed by atoms with Gasteiger partial charge in [0, 0.05) is 61.1 Å². The number of hydrogen-bond donors (Lipinski definition) is 0. The fraction of sp³-hybridized carbons (Fsp3) is 0.400. The first-order chi connectivity index (χ1) is 29.0. The Kier molecular flexibility index (Phi) is 23.8. The van der Waals surface area contributed by atoms with Crippen molar-refractivity contribution in [1.82, 2.24) is 34.6 Å². The Morgan fingerprint density at radius 3 is 1.08 bits per heavy atom. The molecule has 0 radical (unpaired) electrons. The Bertz CT molecular complexity index is 2130. The van der Waals surface area contributed by atoms with Gasteiger partial charge in [-0.25, -0.2) is 19.9 Å². The summed E-state index contributed by atoms with van der Waals surface area (Å²) in [7, 11) is 2.07. The second kappa shape index (κ2) is 27.5. The lowest BCUT2D eigenvalue weighted by molar-refractivity contribution is 0.393. The Labute approximate surface area is 370 Å². The van der Waals surface area contributed by atoms with E-state index in [1.807, 2.05) is 140 Å². The minimum atomic E-state index is 0.734. The van der Waals surface area contributed by atoms with Crippen LogP contribution in [0.3, 0.4) is 0 Å².